The van der Waals surface area contributed by atoms with E-state index in [1.807, 2.05) is 32.9 Å². The van der Waals surface area contributed by atoms with Crippen LogP contribution in [0, 0.1) is 5.92 Å². The minimum absolute atomic E-state index is 0.0746. The van der Waals surface area contributed by atoms with Crippen LogP contribution in [0.5, 0.6) is 5.75 Å². The Kier molecular flexibility index (Phi) is 8.07. The lowest BCUT2D eigenvalue weighted by atomic mass is 10.0. The molecule has 2 atom stereocenters. The number of sulfonamides is 1. The molecule has 0 spiro atoms. The van der Waals surface area contributed by atoms with Crippen LogP contribution in [0.4, 0.5) is 0 Å². The van der Waals surface area contributed by atoms with Crippen LogP contribution in [0.15, 0.2) is 53.4 Å². The molecule has 0 radical (unpaired) electrons. The highest BCUT2D eigenvalue weighted by Gasteiger charge is 2.27. The number of rotatable bonds is 9. The second-order valence-corrected chi connectivity index (χ2v) is 9.41. The van der Waals surface area contributed by atoms with Gasteiger partial charge in [-0.2, -0.15) is 4.72 Å². The van der Waals surface area contributed by atoms with E-state index in [0.29, 0.717) is 17.2 Å². The van der Waals surface area contributed by atoms with E-state index in [9.17, 15) is 13.2 Å². The molecule has 0 aromatic heterocycles. The average molecular weight is 439 g/mol. The molecule has 2 aromatic carbocycles. The Morgan fingerprint density at radius 3 is 2.14 bits per heavy atom. The highest BCUT2D eigenvalue weighted by molar-refractivity contribution is 7.89. The van der Waals surface area contributed by atoms with Crippen LogP contribution in [0.1, 0.15) is 38.8 Å². The normalized spacial score (nSPS) is 13.7. The summed E-state index contributed by atoms with van der Waals surface area (Å²) in [4.78, 5) is 12.9. The Hall–Kier alpha value is -2.09. The molecule has 0 bridgehead atoms. The Morgan fingerprint density at radius 2 is 1.62 bits per heavy atom. The van der Waals surface area contributed by atoms with Crippen molar-refractivity contribution in [3.63, 3.8) is 0 Å². The summed E-state index contributed by atoms with van der Waals surface area (Å²) in [6.07, 6.45) is 0.370. The molecule has 0 aliphatic carbocycles. The molecule has 1 amide bonds. The van der Waals surface area contributed by atoms with E-state index in [1.165, 1.54) is 19.2 Å². The van der Waals surface area contributed by atoms with Crippen LogP contribution < -0.4 is 14.8 Å². The maximum absolute atomic E-state index is 12.9. The van der Waals surface area contributed by atoms with Crippen molar-refractivity contribution in [3.8, 4) is 5.75 Å². The van der Waals surface area contributed by atoms with Gasteiger partial charge in [0.15, 0.2) is 0 Å². The first-order valence-corrected chi connectivity index (χ1v) is 11.2. The molecule has 0 aliphatic rings. The zero-order chi connectivity index (χ0) is 21.6. The summed E-state index contributed by atoms with van der Waals surface area (Å²) in [5.74, 6) is 0.297. The van der Waals surface area contributed by atoms with Gasteiger partial charge in [-0.25, -0.2) is 8.42 Å². The van der Waals surface area contributed by atoms with Crippen molar-refractivity contribution in [1.82, 2.24) is 10.0 Å². The van der Waals surface area contributed by atoms with Crippen LogP contribution >= 0.6 is 11.6 Å². The van der Waals surface area contributed by atoms with E-state index >= 15 is 0 Å². The summed E-state index contributed by atoms with van der Waals surface area (Å²) in [6.45, 7) is 5.71. The number of amides is 1. The van der Waals surface area contributed by atoms with Crippen molar-refractivity contribution in [3.05, 3.63) is 59.1 Å². The molecule has 29 heavy (non-hydrogen) atoms. The van der Waals surface area contributed by atoms with Crippen molar-refractivity contribution in [2.24, 2.45) is 5.92 Å². The highest BCUT2D eigenvalue weighted by Crippen LogP contribution is 2.19. The summed E-state index contributed by atoms with van der Waals surface area (Å²) in [5, 5.41) is 3.49. The topological polar surface area (TPSA) is 84.5 Å². The third-order valence-corrected chi connectivity index (χ3v) is 6.16. The van der Waals surface area contributed by atoms with Gasteiger partial charge in [0.2, 0.25) is 15.9 Å². The third-order valence-electron chi connectivity index (χ3n) is 4.42. The first-order chi connectivity index (χ1) is 13.6. The number of benzene rings is 2. The number of carbonyl (C=O) groups is 1. The molecule has 158 valence electrons. The summed E-state index contributed by atoms with van der Waals surface area (Å²) in [7, 11) is -2.36. The van der Waals surface area contributed by atoms with Gasteiger partial charge in [0.25, 0.3) is 0 Å². The third kappa shape index (κ3) is 6.73. The zero-order valence-corrected chi connectivity index (χ0v) is 18.5. The van der Waals surface area contributed by atoms with Gasteiger partial charge < -0.3 is 10.1 Å². The van der Waals surface area contributed by atoms with E-state index in [0.717, 1.165) is 5.56 Å². The molecular formula is C21H27ClN2O4S. The monoisotopic (exact) mass is 438 g/mol. The summed E-state index contributed by atoms with van der Waals surface area (Å²) in [6, 6.07) is 12.0. The lowest BCUT2D eigenvalue weighted by Gasteiger charge is -2.23. The van der Waals surface area contributed by atoms with Crippen LogP contribution in [0.3, 0.4) is 0 Å². The lowest BCUT2D eigenvalue weighted by Crippen LogP contribution is -2.47. The summed E-state index contributed by atoms with van der Waals surface area (Å²) >= 11 is 5.91. The molecule has 6 nitrogen and oxygen atoms in total. The molecule has 8 heteroatoms. The number of carbonyl (C=O) groups excluding carboxylic acids is 1. The molecule has 0 saturated carbocycles. The number of hydrogen-bond acceptors (Lipinski definition) is 4. The molecule has 0 saturated heterocycles. The fraction of sp³-hybridized carbons (Fsp3) is 0.381. The Balaban J connectivity index is 2.16. The van der Waals surface area contributed by atoms with Gasteiger partial charge in [0.1, 0.15) is 11.8 Å². The molecular weight excluding hydrogens is 412 g/mol. The predicted octanol–water partition coefficient (Wildman–Crippen LogP) is 3.92. The number of nitrogens with one attached hydrogen (secondary N) is 2. The lowest BCUT2D eigenvalue weighted by molar-refractivity contribution is -0.123. The van der Waals surface area contributed by atoms with Gasteiger partial charge in [-0.05, 0) is 61.2 Å². The van der Waals surface area contributed by atoms with Crippen molar-refractivity contribution in [2.75, 3.05) is 7.11 Å². The van der Waals surface area contributed by atoms with Crippen molar-refractivity contribution < 1.29 is 17.9 Å². The fourth-order valence-electron chi connectivity index (χ4n) is 2.84. The zero-order valence-electron chi connectivity index (χ0n) is 17.0. The maximum atomic E-state index is 12.9. The smallest absolute Gasteiger partial charge is 0.241 e. The highest BCUT2D eigenvalue weighted by atomic mass is 35.5. The summed E-state index contributed by atoms with van der Waals surface area (Å²) < 4.78 is 33.2. The van der Waals surface area contributed by atoms with E-state index in [2.05, 4.69) is 10.0 Å². The molecule has 2 aromatic rings. The first kappa shape index (κ1) is 23.2. The SMILES string of the molecule is COc1ccc(S(=O)(=O)NC(CC(C)C)C(=O)NC(C)c2ccc(Cl)cc2)cc1. The summed E-state index contributed by atoms with van der Waals surface area (Å²) in [5.41, 5.74) is 0.879. The number of halogens is 1. The molecule has 0 aliphatic heterocycles. The molecule has 2 rings (SSSR count). The molecule has 0 fully saturated rings. The Bertz CT molecular complexity index is 913. The maximum Gasteiger partial charge on any atom is 0.241 e. The molecule has 2 unspecified atom stereocenters. The minimum atomic E-state index is -3.86. The largest absolute Gasteiger partial charge is 0.497 e. The second kappa shape index (κ2) is 10.1. The van der Waals surface area contributed by atoms with Gasteiger partial charge in [-0.3, -0.25) is 4.79 Å². The van der Waals surface area contributed by atoms with Gasteiger partial charge in [-0.15, -0.1) is 0 Å². The molecule has 0 heterocycles. The van der Waals surface area contributed by atoms with Crippen molar-refractivity contribution >= 4 is 27.5 Å². The Morgan fingerprint density at radius 1 is 1.03 bits per heavy atom. The van der Waals surface area contributed by atoms with Crippen LogP contribution in [0.25, 0.3) is 0 Å². The van der Waals surface area contributed by atoms with E-state index in [-0.39, 0.29) is 22.8 Å². The van der Waals surface area contributed by atoms with Gasteiger partial charge in [0.05, 0.1) is 18.0 Å². The van der Waals surface area contributed by atoms with E-state index in [1.54, 1.807) is 24.3 Å². The van der Waals surface area contributed by atoms with E-state index in [4.69, 9.17) is 16.3 Å². The average Bonchev–Trinajstić information content (AvgIpc) is 2.67. The number of methoxy groups -OCH3 is 1. The van der Waals surface area contributed by atoms with Gasteiger partial charge >= 0.3 is 0 Å². The van der Waals surface area contributed by atoms with Crippen molar-refractivity contribution in [2.45, 2.75) is 44.2 Å². The fourth-order valence-corrected chi connectivity index (χ4v) is 4.17. The predicted molar refractivity (Wildman–Crippen MR) is 115 cm³/mol. The van der Waals surface area contributed by atoms with E-state index < -0.39 is 16.1 Å². The minimum Gasteiger partial charge on any atom is -0.497 e. The molecule has 2 N–H and O–H groups in total. The van der Waals surface area contributed by atoms with Gasteiger partial charge in [-0.1, -0.05) is 37.6 Å². The Labute approximate surface area is 177 Å². The number of ether oxygens (including phenoxy) is 1. The van der Waals surface area contributed by atoms with Crippen LogP contribution in [0.2, 0.25) is 5.02 Å². The van der Waals surface area contributed by atoms with Crippen molar-refractivity contribution in [1.29, 1.82) is 0 Å². The standard InChI is InChI=1S/C21H27ClN2O4S/c1-14(2)13-20(21(25)23-15(3)16-5-7-17(22)8-6-16)24-29(26,27)19-11-9-18(28-4)10-12-19/h5-12,14-15,20,24H,13H2,1-4H3,(H,23,25). The first-order valence-electron chi connectivity index (χ1n) is 9.34. The number of hydrogen-bond donors (Lipinski definition) is 2. The van der Waals surface area contributed by atoms with Gasteiger partial charge in [0, 0.05) is 5.02 Å². The van der Waals surface area contributed by atoms with Crippen LogP contribution in [-0.2, 0) is 14.8 Å². The quantitative estimate of drug-likeness (QED) is 0.621. The second-order valence-electron chi connectivity index (χ2n) is 7.26. The van der Waals surface area contributed by atoms with Crippen LogP contribution in [-0.4, -0.2) is 27.5 Å².